The average molecular weight is 225 g/mol. The zero-order valence-corrected chi connectivity index (χ0v) is 10.0. The molecular formula is C12H13ClS. The number of rotatable bonds is 2. The van der Waals surface area contributed by atoms with E-state index in [1.165, 1.54) is 26.8 Å². The molecule has 0 amide bonds. The van der Waals surface area contributed by atoms with Gasteiger partial charge in [-0.2, -0.15) is 0 Å². The predicted molar refractivity (Wildman–Crippen MR) is 65.5 cm³/mol. The smallest absolute Gasteiger partial charge is 0.0480 e. The van der Waals surface area contributed by atoms with E-state index in [2.05, 4.69) is 31.4 Å². The van der Waals surface area contributed by atoms with Crippen LogP contribution in [-0.4, -0.2) is 0 Å². The second-order valence-electron chi connectivity index (χ2n) is 3.47. The molecule has 2 heteroatoms. The predicted octanol–water partition coefficient (Wildman–Crippen LogP) is 4.51. The molecule has 0 atom stereocenters. The van der Waals surface area contributed by atoms with Crippen molar-refractivity contribution in [3.05, 3.63) is 34.2 Å². The van der Waals surface area contributed by atoms with Gasteiger partial charge in [0.05, 0.1) is 0 Å². The van der Waals surface area contributed by atoms with Gasteiger partial charge >= 0.3 is 0 Å². The van der Waals surface area contributed by atoms with Crippen LogP contribution in [0.3, 0.4) is 0 Å². The highest BCUT2D eigenvalue weighted by Gasteiger charge is 2.08. The van der Waals surface area contributed by atoms with E-state index in [1.807, 2.05) is 11.3 Å². The molecule has 1 aromatic carbocycles. The van der Waals surface area contributed by atoms with Crippen molar-refractivity contribution in [1.82, 2.24) is 0 Å². The van der Waals surface area contributed by atoms with Crippen LogP contribution in [0.1, 0.15) is 23.6 Å². The minimum atomic E-state index is 0.612. The SMILES string of the molecule is CCc1cc(CCl)c2ccsc2c1C. The molecule has 74 valence electrons. The van der Waals surface area contributed by atoms with E-state index in [4.69, 9.17) is 11.6 Å². The highest BCUT2D eigenvalue weighted by Crippen LogP contribution is 2.31. The molecular weight excluding hydrogens is 212 g/mol. The molecule has 0 bridgehead atoms. The summed E-state index contributed by atoms with van der Waals surface area (Å²) in [5.74, 6) is 0.612. The second kappa shape index (κ2) is 3.92. The Labute approximate surface area is 93.5 Å². The molecule has 0 N–H and O–H groups in total. The lowest BCUT2D eigenvalue weighted by Crippen LogP contribution is -1.90. The van der Waals surface area contributed by atoms with Crippen LogP contribution in [0.4, 0.5) is 0 Å². The first-order chi connectivity index (χ1) is 6.77. The number of aryl methyl sites for hydroxylation is 2. The molecule has 0 aliphatic carbocycles. The minimum Gasteiger partial charge on any atom is -0.144 e. The molecule has 0 saturated carbocycles. The van der Waals surface area contributed by atoms with Gasteiger partial charge in [-0.3, -0.25) is 0 Å². The first-order valence-electron chi connectivity index (χ1n) is 4.82. The fourth-order valence-corrected chi connectivity index (χ4v) is 3.07. The topological polar surface area (TPSA) is 0 Å². The third-order valence-electron chi connectivity index (χ3n) is 2.71. The average Bonchev–Trinajstić information content (AvgIpc) is 2.68. The third kappa shape index (κ3) is 1.45. The molecule has 1 heterocycles. The fraction of sp³-hybridized carbons (Fsp3) is 0.333. The van der Waals surface area contributed by atoms with Gasteiger partial charge in [-0.25, -0.2) is 0 Å². The maximum atomic E-state index is 5.95. The molecule has 0 aliphatic heterocycles. The number of benzene rings is 1. The van der Waals surface area contributed by atoms with Crippen molar-refractivity contribution in [3.63, 3.8) is 0 Å². The van der Waals surface area contributed by atoms with E-state index in [-0.39, 0.29) is 0 Å². The molecule has 0 fully saturated rings. The Morgan fingerprint density at radius 3 is 2.79 bits per heavy atom. The molecule has 0 spiro atoms. The standard InChI is InChI=1S/C12H13ClS/c1-3-9-6-10(7-13)11-4-5-14-12(11)8(9)2/h4-6H,3,7H2,1-2H3. The minimum absolute atomic E-state index is 0.612. The van der Waals surface area contributed by atoms with Gasteiger partial charge in [0.25, 0.3) is 0 Å². The fourth-order valence-electron chi connectivity index (χ4n) is 1.87. The van der Waals surface area contributed by atoms with Crippen molar-refractivity contribution in [2.45, 2.75) is 26.1 Å². The summed E-state index contributed by atoms with van der Waals surface area (Å²) in [6, 6.07) is 4.42. The molecule has 2 rings (SSSR count). The molecule has 0 aliphatic rings. The molecule has 0 nitrogen and oxygen atoms in total. The Morgan fingerprint density at radius 1 is 1.36 bits per heavy atom. The van der Waals surface area contributed by atoms with Gasteiger partial charge in [-0.1, -0.05) is 13.0 Å². The Morgan fingerprint density at radius 2 is 2.14 bits per heavy atom. The molecule has 14 heavy (non-hydrogen) atoms. The number of alkyl halides is 1. The van der Waals surface area contributed by atoms with Crippen LogP contribution in [0.2, 0.25) is 0 Å². The van der Waals surface area contributed by atoms with Crippen LogP contribution < -0.4 is 0 Å². The number of fused-ring (bicyclic) bond motifs is 1. The van der Waals surface area contributed by atoms with E-state index in [0.29, 0.717) is 5.88 Å². The lowest BCUT2D eigenvalue weighted by molar-refractivity contribution is 1.11. The second-order valence-corrected chi connectivity index (χ2v) is 4.65. The summed E-state index contributed by atoms with van der Waals surface area (Å²) in [5.41, 5.74) is 4.12. The molecule has 0 radical (unpaired) electrons. The Bertz CT molecular complexity index is 457. The van der Waals surface area contributed by atoms with Gasteiger partial charge < -0.3 is 0 Å². The number of thiophene rings is 1. The number of halogens is 1. The van der Waals surface area contributed by atoms with Crippen molar-refractivity contribution in [2.24, 2.45) is 0 Å². The summed E-state index contributed by atoms with van der Waals surface area (Å²) in [6.07, 6.45) is 1.09. The Balaban J connectivity index is 2.80. The van der Waals surface area contributed by atoms with Crippen LogP contribution in [0.15, 0.2) is 17.5 Å². The van der Waals surface area contributed by atoms with E-state index >= 15 is 0 Å². The van der Waals surface area contributed by atoms with Crippen LogP contribution in [0.25, 0.3) is 10.1 Å². The van der Waals surface area contributed by atoms with Gasteiger partial charge in [-0.15, -0.1) is 22.9 Å². The normalized spacial score (nSPS) is 11.1. The monoisotopic (exact) mass is 224 g/mol. The van der Waals surface area contributed by atoms with Crippen LogP contribution in [0.5, 0.6) is 0 Å². The van der Waals surface area contributed by atoms with Gasteiger partial charge in [0, 0.05) is 10.6 Å². The molecule has 2 aromatic rings. The largest absolute Gasteiger partial charge is 0.144 e. The maximum absolute atomic E-state index is 5.95. The van der Waals surface area contributed by atoms with Gasteiger partial charge in [0.1, 0.15) is 0 Å². The summed E-state index contributed by atoms with van der Waals surface area (Å²) in [6.45, 7) is 4.40. The zero-order chi connectivity index (χ0) is 10.1. The number of hydrogen-bond donors (Lipinski definition) is 0. The van der Waals surface area contributed by atoms with Gasteiger partial charge in [-0.05, 0) is 46.9 Å². The third-order valence-corrected chi connectivity index (χ3v) is 4.03. The summed E-state index contributed by atoms with van der Waals surface area (Å²) in [7, 11) is 0. The zero-order valence-electron chi connectivity index (χ0n) is 8.43. The van der Waals surface area contributed by atoms with Gasteiger partial charge in [0.2, 0.25) is 0 Å². The Hall–Kier alpha value is -0.530. The van der Waals surface area contributed by atoms with E-state index in [9.17, 15) is 0 Å². The molecule has 0 unspecified atom stereocenters. The lowest BCUT2D eigenvalue weighted by Gasteiger charge is -2.08. The quantitative estimate of drug-likeness (QED) is 0.659. The first kappa shape index (κ1) is 10.0. The van der Waals surface area contributed by atoms with Crippen LogP contribution in [-0.2, 0) is 12.3 Å². The van der Waals surface area contributed by atoms with E-state index < -0.39 is 0 Å². The van der Waals surface area contributed by atoms with E-state index in [1.54, 1.807) is 0 Å². The van der Waals surface area contributed by atoms with Crippen LogP contribution >= 0.6 is 22.9 Å². The van der Waals surface area contributed by atoms with Crippen molar-refractivity contribution in [1.29, 1.82) is 0 Å². The molecule has 0 saturated heterocycles. The van der Waals surface area contributed by atoms with E-state index in [0.717, 1.165) is 6.42 Å². The Kier molecular flexibility index (Phi) is 2.80. The van der Waals surface area contributed by atoms with Crippen molar-refractivity contribution in [3.8, 4) is 0 Å². The summed E-state index contributed by atoms with van der Waals surface area (Å²) >= 11 is 7.76. The molecule has 1 aromatic heterocycles. The van der Waals surface area contributed by atoms with Crippen molar-refractivity contribution in [2.75, 3.05) is 0 Å². The highest BCUT2D eigenvalue weighted by atomic mass is 35.5. The number of hydrogen-bond acceptors (Lipinski definition) is 1. The van der Waals surface area contributed by atoms with Crippen LogP contribution in [0, 0.1) is 6.92 Å². The summed E-state index contributed by atoms with van der Waals surface area (Å²) in [5, 5.41) is 3.48. The summed E-state index contributed by atoms with van der Waals surface area (Å²) < 4.78 is 1.40. The van der Waals surface area contributed by atoms with Crippen molar-refractivity contribution < 1.29 is 0 Å². The van der Waals surface area contributed by atoms with Gasteiger partial charge in [0.15, 0.2) is 0 Å². The van der Waals surface area contributed by atoms with Crippen molar-refractivity contribution >= 4 is 33.0 Å². The lowest BCUT2D eigenvalue weighted by atomic mass is 10.0. The first-order valence-corrected chi connectivity index (χ1v) is 6.23. The maximum Gasteiger partial charge on any atom is 0.0480 e. The summed E-state index contributed by atoms with van der Waals surface area (Å²) in [4.78, 5) is 0. The highest BCUT2D eigenvalue weighted by molar-refractivity contribution is 7.17.